The number of anilines is 1. The fraction of sp³-hybridized carbons (Fsp3) is 0.647. The van der Waals surface area contributed by atoms with E-state index in [0.29, 0.717) is 0 Å². The quantitative estimate of drug-likeness (QED) is 0.832. The third kappa shape index (κ3) is 3.11. The average Bonchev–Trinajstić information content (AvgIpc) is 3.22. The van der Waals surface area contributed by atoms with Crippen LogP contribution in [0.15, 0.2) is 24.3 Å². The molecule has 3 rings (SSSR count). The van der Waals surface area contributed by atoms with E-state index in [9.17, 15) is 0 Å². The zero-order valence-corrected chi connectivity index (χ0v) is 12.0. The van der Waals surface area contributed by atoms with Crippen LogP contribution in [0, 0.1) is 5.92 Å². The van der Waals surface area contributed by atoms with Crippen LogP contribution in [0.3, 0.4) is 0 Å². The SMILES string of the molecule is CC1CCCC(N(Cc2ccccc2N)C2CC2)C1. The molecule has 0 radical (unpaired) electrons. The molecule has 104 valence electrons. The number of para-hydroxylation sites is 1. The van der Waals surface area contributed by atoms with E-state index < -0.39 is 0 Å². The van der Waals surface area contributed by atoms with Crippen LogP contribution < -0.4 is 5.73 Å². The minimum absolute atomic E-state index is 0.788. The summed E-state index contributed by atoms with van der Waals surface area (Å²) in [6.45, 7) is 3.46. The van der Waals surface area contributed by atoms with Crippen LogP contribution in [-0.2, 0) is 6.54 Å². The molecule has 2 heteroatoms. The number of nitrogens with zero attached hydrogens (tertiary/aromatic N) is 1. The Morgan fingerprint density at radius 1 is 1.11 bits per heavy atom. The first-order valence-corrected chi connectivity index (χ1v) is 7.83. The van der Waals surface area contributed by atoms with Crippen molar-refractivity contribution in [2.24, 2.45) is 5.92 Å². The molecule has 1 aromatic carbocycles. The summed E-state index contributed by atoms with van der Waals surface area (Å²) >= 11 is 0. The Morgan fingerprint density at radius 2 is 1.89 bits per heavy atom. The number of hydrogen-bond acceptors (Lipinski definition) is 2. The highest BCUT2D eigenvalue weighted by Crippen LogP contribution is 2.36. The van der Waals surface area contributed by atoms with E-state index >= 15 is 0 Å². The first-order chi connectivity index (χ1) is 9.24. The lowest BCUT2D eigenvalue weighted by Crippen LogP contribution is -2.39. The van der Waals surface area contributed by atoms with Gasteiger partial charge in [-0.1, -0.05) is 38.0 Å². The second kappa shape index (κ2) is 5.54. The third-order valence-corrected chi connectivity index (χ3v) is 4.80. The second-order valence-corrected chi connectivity index (χ2v) is 6.53. The maximum absolute atomic E-state index is 6.12. The van der Waals surface area contributed by atoms with Crippen molar-refractivity contribution >= 4 is 5.69 Å². The van der Waals surface area contributed by atoms with Crippen LogP contribution in [-0.4, -0.2) is 17.0 Å². The average molecular weight is 258 g/mol. The molecule has 2 nitrogen and oxygen atoms in total. The predicted octanol–water partition coefficient (Wildman–Crippen LogP) is 3.81. The van der Waals surface area contributed by atoms with Gasteiger partial charge < -0.3 is 5.73 Å². The van der Waals surface area contributed by atoms with Crippen molar-refractivity contribution in [2.45, 2.75) is 64.1 Å². The fourth-order valence-corrected chi connectivity index (χ4v) is 3.54. The van der Waals surface area contributed by atoms with E-state index in [0.717, 1.165) is 30.2 Å². The predicted molar refractivity (Wildman–Crippen MR) is 80.8 cm³/mol. The molecule has 0 saturated heterocycles. The van der Waals surface area contributed by atoms with Gasteiger partial charge in [-0.2, -0.15) is 0 Å². The minimum atomic E-state index is 0.788. The molecule has 0 heterocycles. The molecule has 2 atom stereocenters. The highest BCUT2D eigenvalue weighted by molar-refractivity contribution is 5.46. The summed E-state index contributed by atoms with van der Waals surface area (Å²) in [6, 6.07) is 9.98. The van der Waals surface area contributed by atoms with Crippen molar-refractivity contribution in [3.05, 3.63) is 29.8 Å². The summed E-state index contributed by atoms with van der Waals surface area (Å²) in [5.41, 5.74) is 8.39. The summed E-state index contributed by atoms with van der Waals surface area (Å²) in [5.74, 6) is 0.896. The van der Waals surface area contributed by atoms with Crippen molar-refractivity contribution in [2.75, 3.05) is 5.73 Å². The summed E-state index contributed by atoms with van der Waals surface area (Å²) in [5, 5.41) is 0. The Kier molecular flexibility index (Phi) is 3.79. The highest BCUT2D eigenvalue weighted by atomic mass is 15.2. The number of benzene rings is 1. The van der Waals surface area contributed by atoms with E-state index in [1.807, 2.05) is 12.1 Å². The smallest absolute Gasteiger partial charge is 0.0359 e. The van der Waals surface area contributed by atoms with Crippen LogP contribution in [0.1, 0.15) is 51.0 Å². The Morgan fingerprint density at radius 3 is 2.58 bits per heavy atom. The maximum Gasteiger partial charge on any atom is 0.0359 e. The lowest BCUT2D eigenvalue weighted by Gasteiger charge is -2.37. The third-order valence-electron chi connectivity index (χ3n) is 4.80. The topological polar surface area (TPSA) is 29.3 Å². The number of nitrogens with two attached hydrogens (primary N) is 1. The van der Waals surface area contributed by atoms with Gasteiger partial charge in [0, 0.05) is 24.3 Å². The largest absolute Gasteiger partial charge is 0.398 e. The van der Waals surface area contributed by atoms with Crippen molar-refractivity contribution in [1.29, 1.82) is 0 Å². The first kappa shape index (κ1) is 13.0. The van der Waals surface area contributed by atoms with Gasteiger partial charge in [0.1, 0.15) is 0 Å². The normalized spacial score (nSPS) is 27.7. The van der Waals surface area contributed by atoms with Gasteiger partial charge in [-0.25, -0.2) is 0 Å². The van der Waals surface area contributed by atoms with Crippen LogP contribution >= 0.6 is 0 Å². The van der Waals surface area contributed by atoms with Gasteiger partial charge in [-0.05, 0) is 43.2 Å². The van der Waals surface area contributed by atoms with Gasteiger partial charge in [0.25, 0.3) is 0 Å². The Hall–Kier alpha value is -1.02. The Labute approximate surface area is 117 Å². The Balaban J connectivity index is 1.72. The molecule has 1 aromatic rings. The molecule has 2 unspecified atom stereocenters. The molecule has 2 aliphatic carbocycles. The van der Waals surface area contributed by atoms with Crippen molar-refractivity contribution < 1.29 is 0 Å². The summed E-state index contributed by atoms with van der Waals surface area (Å²) in [7, 11) is 0. The van der Waals surface area contributed by atoms with E-state index in [-0.39, 0.29) is 0 Å². The molecule has 2 aliphatic rings. The van der Waals surface area contributed by atoms with Crippen LogP contribution in [0.2, 0.25) is 0 Å². The van der Waals surface area contributed by atoms with Crippen LogP contribution in [0.5, 0.6) is 0 Å². The van der Waals surface area contributed by atoms with Crippen molar-refractivity contribution in [3.63, 3.8) is 0 Å². The van der Waals surface area contributed by atoms with Crippen molar-refractivity contribution in [3.8, 4) is 0 Å². The lowest BCUT2D eigenvalue weighted by atomic mass is 9.86. The van der Waals surface area contributed by atoms with E-state index in [1.165, 1.54) is 44.1 Å². The van der Waals surface area contributed by atoms with Gasteiger partial charge in [-0.15, -0.1) is 0 Å². The van der Waals surface area contributed by atoms with E-state index in [4.69, 9.17) is 5.73 Å². The number of nitrogen functional groups attached to an aromatic ring is 1. The van der Waals surface area contributed by atoms with E-state index in [1.54, 1.807) is 0 Å². The van der Waals surface area contributed by atoms with Gasteiger partial charge in [0.05, 0.1) is 0 Å². The van der Waals surface area contributed by atoms with Gasteiger partial charge in [0.2, 0.25) is 0 Å². The Bertz CT molecular complexity index is 425. The molecule has 0 amide bonds. The summed E-state index contributed by atoms with van der Waals surface area (Å²) in [4.78, 5) is 2.75. The standard InChI is InChI=1S/C17H26N2/c1-13-5-4-7-16(11-13)19(15-9-10-15)12-14-6-2-3-8-17(14)18/h2-3,6,8,13,15-16H,4-5,7,9-12,18H2,1H3. The van der Waals surface area contributed by atoms with E-state index in [2.05, 4.69) is 24.0 Å². The molecule has 0 bridgehead atoms. The van der Waals surface area contributed by atoms with Crippen LogP contribution in [0.25, 0.3) is 0 Å². The van der Waals surface area contributed by atoms with Crippen LogP contribution in [0.4, 0.5) is 5.69 Å². The van der Waals surface area contributed by atoms with Gasteiger partial charge in [-0.3, -0.25) is 4.90 Å². The molecule has 0 aliphatic heterocycles. The highest BCUT2D eigenvalue weighted by Gasteiger charge is 2.35. The number of hydrogen-bond donors (Lipinski definition) is 1. The summed E-state index contributed by atoms with van der Waals surface area (Å²) in [6.07, 6.45) is 8.36. The number of rotatable bonds is 4. The molecule has 2 saturated carbocycles. The molecular weight excluding hydrogens is 232 g/mol. The molecule has 2 fully saturated rings. The lowest BCUT2D eigenvalue weighted by molar-refractivity contribution is 0.119. The van der Waals surface area contributed by atoms with Crippen molar-refractivity contribution in [1.82, 2.24) is 4.90 Å². The molecule has 0 aromatic heterocycles. The summed E-state index contributed by atoms with van der Waals surface area (Å²) < 4.78 is 0. The fourth-order valence-electron chi connectivity index (χ4n) is 3.54. The zero-order valence-electron chi connectivity index (χ0n) is 12.0. The molecule has 0 spiro atoms. The van der Waals surface area contributed by atoms with Gasteiger partial charge in [0.15, 0.2) is 0 Å². The zero-order chi connectivity index (χ0) is 13.2. The minimum Gasteiger partial charge on any atom is -0.398 e. The maximum atomic E-state index is 6.12. The van der Waals surface area contributed by atoms with Gasteiger partial charge >= 0.3 is 0 Å². The molecular formula is C17H26N2. The first-order valence-electron chi connectivity index (χ1n) is 7.83. The molecule has 2 N–H and O–H groups in total. The molecule has 19 heavy (non-hydrogen) atoms. The second-order valence-electron chi connectivity index (χ2n) is 6.53. The monoisotopic (exact) mass is 258 g/mol.